The van der Waals surface area contributed by atoms with E-state index >= 15 is 0 Å². The van der Waals surface area contributed by atoms with Crippen LogP contribution in [0.5, 0.6) is 0 Å². The molecule has 3 aromatic rings. The van der Waals surface area contributed by atoms with Crippen molar-refractivity contribution in [3.63, 3.8) is 0 Å². The molecule has 3 fully saturated rings. The Morgan fingerprint density at radius 1 is 0.857 bits per heavy atom. The average Bonchev–Trinajstić information content (AvgIpc) is 3.10. The first-order valence-corrected chi connectivity index (χ1v) is 18.1. The maximum Gasteiger partial charge on any atom is 0.237 e. The number of carbonyl (C=O) groups is 2. The summed E-state index contributed by atoms with van der Waals surface area (Å²) in [5.41, 5.74) is 5.67. The van der Waals surface area contributed by atoms with Gasteiger partial charge in [-0.15, -0.1) is 0 Å². The summed E-state index contributed by atoms with van der Waals surface area (Å²) in [6.45, 7) is 8.81. The lowest BCUT2D eigenvalue weighted by Crippen LogP contribution is -2.61. The molecule has 0 radical (unpaired) electrons. The number of likely N-dealkylation sites (tertiary alicyclic amines) is 1. The van der Waals surface area contributed by atoms with E-state index in [2.05, 4.69) is 45.9 Å². The van der Waals surface area contributed by atoms with Crippen LogP contribution in [0.3, 0.4) is 0 Å². The maximum atomic E-state index is 13.8. The Kier molecular flexibility index (Phi) is 11.2. The number of aliphatic hydroxyl groups is 1. The van der Waals surface area contributed by atoms with E-state index in [9.17, 15) is 14.7 Å². The van der Waals surface area contributed by atoms with Crippen LogP contribution in [0, 0.1) is 5.92 Å². The van der Waals surface area contributed by atoms with E-state index in [0.717, 1.165) is 52.6 Å². The summed E-state index contributed by atoms with van der Waals surface area (Å²) < 4.78 is 13.6. The molecule has 1 saturated carbocycles. The van der Waals surface area contributed by atoms with Crippen LogP contribution >= 0.6 is 0 Å². The van der Waals surface area contributed by atoms with Crippen molar-refractivity contribution in [3.8, 4) is 11.1 Å². The van der Waals surface area contributed by atoms with Crippen molar-refractivity contribution in [1.82, 2.24) is 15.5 Å². The first-order chi connectivity index (χ1) is 23.6. The number of piperidine rings is 1. The number of hydrogen-bond acceptors (Lipinski definition) is 6. The monoisotopic (exact) mass is 667 g/mol. The highest BCUT2D eigenvalue weighted by atomic mass is 16.7. The van der Waals surface area contributed by atoms with Crippen molar-refractivity contribution in [2.45, 2.75) is 122 Å². The van der Waals surface area contributed by atoms with E-state index < -0.39 is 6.29 Å². The standard InChI is InChI=1S/C41H53N3O5/c1-27(46)42-24-29-9-7-11-32(21-29)33-12-8-13-34(22-33)40-48-35(23-38(49-40)31-17-15-28(26-45)16-18-31)25-44-36-14-6-5-10-30(36)19-20-37(44)39(47)43-41(2,3)4/h7-9,11-13,15-18,21-22,30,35-38,40,45H,5-6,10,14,19-20,23-26H2,1-4H3,(H,42,46)(H,43,47)/t30-,35+,36-,37-,38-,40-/m1/s1. The molecule has 8 nitrogen and oxygen atoms in total. The topological polar surface area (TPSA) is 100 Å². The molecule has 2 amide bonds. The van der Waals surface area contributed by atoms with Gasteiger partial charge in [0.05, 0.1) is 24.9 Å². The van der Waals surface area contributed by atoms with Crippen molar-refractivity contribution in [3.05, 3.63) is 95.1 Å². The Labute approximate surface area is 291 Å². The van der Waals surface area contributed by atoms with Crippen LogP contribution in [-0.2, 0) is 32.2 Å². The Morgan fingerprint density at radius 2 is 1.59 bits per heavy atom. The summed E-state index contributed by atoms with van der Waals surface area (Å²) in [5, 5.41) is 15.8. The van der Waals surface area contributed by atoms with Crippen LogP contribution in [0.15, 0.2) is 72.8 Å². The average molecular weight is 668 g/mol. The van der Waals surface area contributed by atoms with Crippen LogP contribution in [-0.4, -0.2) is 52.1 Å². The maximum absolute atomic E-state index is 13.8. The van der Waals surface area contributed by atoms with Crippen molar-refractivity contribution in [1.29, 1.82) is 0 Å². The van der Waals surface area contributed by atoms with Crippen LogP contribution in [0.2, 0.25) is 0 Å². The van der Waals surface area contributed by atoms with Crippen molar-refractivity contribution >= 4 is 11.8 Å². The highest BCUT2D eigenvalue weighted by molar-refractivity contribution is 5.82. The third-order valence-electron chi connectivity index (χ3n) is 10.3. The van der Waals surface area contributed by atoms with Crippen LogP contribution in [0.4, 0.5) is 0 Å². The molecule has 2 saturated heterocycles. The fraction of sp³-hybridized carbons (Fsp3) is 0.512. The summed E-state index contributed by atoms with van der Waals surface area (Å²) >= 11 is 0. The summed E-state index contributed by atoms with van der Waals surface area (Å²) in [4.78, 5) is 27.8. The van der Waals surface area contributed by atoms with Gasteiger partial charge < -0.3 is 25.2 Å². The molecule has 2 aliphatic heterocycles. The van der Waals surface area contributed by atoms with Gasteiger partial charge in [-0.2, -0.15) is 0 Å². The molecule has 2 heterocycles. The highest BCUT2D eigenvalue weighted by Gasteiger charge is 2.44. The summed E-state index contributed by atoms with van der Waals surface area (Å²) in [5.74, 6) is 0.673. The first-order valence-electron chi connectivity index (χ1n) is 18.1. The van der Waals surface area contributed by atoms with E-state index in [1.54, 1.807) is 0 Å². The van der Waals surface area contributed by atoms with E-state index in [0.29, 0.717) is 31.5 Å². The van der Waals surface area contributed by atoms with Crippen LogP contribution in [0.25, 0.3) is 11.1 Å². The van der Waals surface area contributed by atoms with Gasteiger partial charge in [0, 0.05) is 43.6 Å². The molecular weight excluding hydrogens is 614 g/mol. The van der Waals surface area contributed by atoms with Gasteiger partial charge in [-0.05, 0) is 92.3 Å². The largest absolute Gasteiger partial charge is 0.392 e. The molecule has 3 aliphatic rings. The van der Waals surface area contributed by atoms with Gasteiger partial charge in [0.1, 0.15) is 0 Å². The minimum absolute atomic E-state index is 0.00545. The number of hydrogen-bond donors (Lipinski definition) is 3. The summed E-state index contributed by atoms with van der Waals surface area (Å²) in [7, 11) is 0. The first kappa shape index (κ1) is 35.3. The number of carbonyl (C=O) groups excluding carboxylic acids is 2. The minimum atomic E-state index is -0.599. The second-order valence-electron chi connectivity index (χ2n) is 15.2. The van der Waals surface area contributed by atoms with Crippen molar-refractivity contribution in [2.24, 2.45) is 5.92 Å². The van der Waals surface area contributed by atoms with Crippen molar-refractivity contribution < 1.29 is 24.2 Å². The summed E-state index contributed by atoms with van der Waals surface area (Å²) in [6.07, 6.45) is 6.47. The van der Waals surface area contributed by atoms with Gasteiger partial charge in [0.25, 0.3) is 0 Å². The summed E-state index contributed by atoms with van der Waals surface area (Å²) in [6, 6.07) is 24.7. The van der Waals surface area contributed by atoms with E-state index in [-0.39, 0.29) is 42.2 Å². The number of nitrogens with one attached hydrogen (secondary N) is 2. The molecule has 1 aliphatic carbocycles. The number of aliphatic hydroxyl groups excluding tert-OH is 1. The number of benzene rings is 3. The molecular formula is C41H53N3O5. The quantitative estimate of drug-likeness (QED) is 0.228. The molecule has 0 unspecified atom stereocenters. The molecule has 3 aromatic carbocycles. The van der Waals surface area contributed by atoms with E-state index in [1.165, 1.54) is 26.2 Å². The van der Waals surface area contributed by atoms with Gasteiger partial charge in [-0.3, -0.25) is 14.5 Å². The van der Waals surface area contributed by atoms with Gasteiger partial charge >= 0.3 is 0 Å². The lowest BCUT2D eigenvalue weighted by atomic mass is 9.75. The predicted molar refractivity (Wildman–Crippen MR) is 191 cm³/mol. The zero-order valence-electron chi connectivity index (χ0n) is 29.5. The Morgan fingerprint density at radius 3 is 2.33 bits per heavy atom. The van der Waals surface area contributed by atoms with Gasteiger partial charge in [-0.25, -0.2) is 0 Å². The molecule has 0 aromatic heterocycles. The zero-order valence-corrected chi connectivity index (χ0v) is 29.5. The van der Waals surface area contributed by atoms with Crippen LogP contribution < -0.4 is 10.6 Å². The molecule has 0 bridgehead atoms. The molecule has 6 atom stereocenters. The fourth-order valence-electron chi connectivity index (χ4n) is 7.95. The second kappa shape index (κ2) is 15.5. The fourth-order valence-corrected chi connectivity index (χ4v) is 7.95. The normalized spacial score (nSPS) is 26.1. The van der Waals surface area contributed by atoms with Crippen molar-refractivity contribution in [2.75, 3.05) is 6.54 Å². The van der Waals surface area contributed by atoms with Gasteiger partial charge in [0.2, 0.25) is 11.8 Å². The number of nitrogens with zero attached hydrogens (tertiary/aromatic N) is 1. The highest BCUT2D eigenvalue weighted by Crippen LogP contribution is 2.42. The van der Waals surface area contributed by atoms with Crippen LogP contribution in [0.1, 0.15) is 107 Å². The van der Waals surface area contributed by atoms with E-state index in [4.69, 9.17) is 9.47 Å². The predicted octanol–water partition coefficient (Wildman–Crippen LogP) is 6.97. The third-order valence-corrected chi connectivity index (χ3v) is 10.3. The molecule has 8 heteroatoms. The molecule has 0 spiro atoms. The van der Waals surface area contributed by atoms with Gasteiger partial charge in [0.15, 0.2) is 6.29 Å². The van der Waals surface area contributed by atoms with Gasteiger partial charge in [-0.1, -0.05) is 73.5 Å². The number of ether oxygens (including phenoxy) is 2. The second-order valence-corrected chi connectivity index (χ2v) is 15.2. The Bertz CT molecular complexity index is 1580. The Balaban J connectivity index is 1.29. The smallest absolute Gasteiger partial charge is 0.237 e. The molecule has 49 heavy (non-hydrogen) atoms. The molecule has 6 rings (SSSR count). The minimum Gasteiger partial charge on any atom is -0.392 e. The Hall–Kier alpha value is -3.56. The number of fused-ring (bicyclic) bond motifs is 1. The third kappa shape index (κ3) is 8.97. The zero-order chi connectivity index (χ0) is 34.5. The van der Waals surface area contributed by atoms with E-state index in [1.807, 2.05) is 63.2 Å². The molecule has 262 valence electrons. The molecule has 3 N–H and O–H groups in total. The SMILES string of the molecule is CC(=O)NCc1cccc(-c2cccc([C@@H]3O[C@H](CN4[C@@H](C(=O)NC(C)(C)C)CC[C@H]5CCCC[C@H]54)C[C@H](c4ccc(CO)cc4)O3)c2)c1. The number of amides is 2. The number of rotatable bonds is 9. The lowest BCUT2D eigenvalue weighted by Gasteiger charge is -2.50. The lowest BCUT2D eigenvalue weighted by molar-refractivity contribution is -0.255.